The molecule has 0 fully saturated rings. The molecule has 0 aliphatic heterocycles. The topological polar surface area (TPSA) is 0 Å². The van der Waals surface area contributed by atoms with Gasteiger partial charge in [0.1, 0.15) is 0 Å². The molecule has 7 heteroatoms. The molecule has 0 spiro atoms. The zero-order valence-corrected chi connectivity index (χ0v) is 46.2. The number of unbranched alkanes of at least 4 members (excludes halogenated alkanes) is 3. The molecule has 0 amide bonds. The van der Waals surface area contributed by atoms with Gasteiger partial charge in [-0.1, -0.05) is 0 Å². The van der Waals surface area contributed by atoms with Gasteiger partial charge in [0.15, 0.2) is 0 Å². The quantitative estimate of drug-likeness (QED) is 0.117. The molecule has 4 rings (SSSR count). The Bertz CT molecular complexity index is 1500. The maximum atomic E-state index is 13.3. The predicted octanol–water partition coefficient (Wildman–Crippen LogP) is 12.9. The van der Waals surface area contributed by atoms with Crippen LogP contribution in [0.3, 0.4) is 0 Å². The summed E-state index contributed by atoms with van der Waals surface area (Å²) in [6.45, 7) is 6.88. The van der Waals surface area contributed by atoms with E-state index in [-0.39, 0.29) is 17.5 Å². The molecule has 4 aromatic carbocycles. The number of hydrogen-bond donors (Lipinski definition) is 0. The molecule has 0 atom stereocenters. The van der Waals surface area contributed by atoms with Crippen molar-refractivity contribution >= 4 is 87.8 Å². The summed E-state index contributed by atoms with van der Waals surface area (Å²) in [6, 6.07) is 32.6. The summed E-state index contributed by atoms with van der Waals surface area (Å²) in [7, 11) is 0. The van der Waals surface area contributed by atoms with Crippen LogP contribution in [0.4, 0.5) is 13.2 Å². The van der Waals surface area contributed by atoms with E-state index in [9.17, 15) is 13.2 Å². The van der Waals surface area contributed by atoms with Crippen LogP contribution in [0, 0.1) is 17.5 Å². The standard InChI is InChI=1S/3C6H4F.C6H5.3C4H9.9CH3.4Sn/c3*7-6-4-2-1-3-5-6;1-2-4-6-5-3-1;3*1-3-4-2;;;;;;;;;;;;;/h2-5H;1-2,4-5H;1-4H;1-5H;3*1,3-4H2,2H3;9*1H3;;;;. The minimum absolute atomic E-state index is 0.0178. The van der Waals surface area contributed by atoms with Crippen LogP contribution in [-0.4, -0.2) is 73.5 Å². The zero-order valence-electron chi connectivity index (χ0n) is 34.8. The van der Waals surface area contributed by atoms with E-state index in [0.29, 0.717) is 0 Å². The predicted molar refractivity (Wildman–Crippen MR) is 239 cm³/mol. The van der Waals surface area contributed by atoms with Gasteiger partial charge in [-0.2, -0.15) is 0 Å². The van der Waals surface area contributed by atoms with Crippen molar-refractivity contribution in [3.05, 3.63) is 121 Å². The molecule has 4 aromatic rings. The molecule has 0 saturated carbocycles. The molecule has 0 aliphatic carbocycles. The van der Waals surface area contributed by atoms with Crippen LogP contribution in [-0.2, 0) is 0 Å². The third-order valence-corrected chi connectivity index (χ3v) is 42.7. The summed E-state index contributed by atoms with van der Waals surface area (Å²) in [5.41, 5.74) is 0. The molecular weight excluding hydrogens is 1070 g/mol. The van der Waals surface area contributed by atoms with E-state index in [0.717, 1.165) is 3.58 Å². The summed E-state index contributed by atoms with van der Waals surface area (Å²) in [4.78, 5) is 20.8. The van der Waals surface area contributed by atoms with Crippen LogP contribution in [0.5, 0.6) is 0 Å². The van der Waals surface area contributed by atoms with Crippen LogP contribution in [0.15, 0.2) is 103 Å². The van der Waals surface area contributed by atoms with Gasteiger partial charge in [-0.3, -0.25) is 0 Å². The Morgan fingerprint density at radius 1 is 0.404 bits per heavy atom. The van der Waals surface area contributed by atoms with E-state index in [1.54, 1.807) is 43.6 Å². The van der Waals surface area contributed by atoms with Crippen molar-refractivity contribution in [2.75, 3.05) is 0 Å². The van der Waals surface area contributed by atoms with E-state index >= 15 is 0 Å². The Hall–Kier alpha value is -0.135. The van der Waals surface area contributed by atoms with E-state index in [4.69, 9.17) is 0 Å². The molecule has 288 valence electrons. The van der Waals surface area contributed by atoms with E-state index in [2.05, 4.69) is 108 Å². The molecule has 52 heavy (non-hydrogen) atoms. The normalized spacial score (nSPS) is 11.7. The van der Waals surface area contributed by atoms with Crippen molar-refractivity contribution in [2.45, 2.75) is 117 Å². The molecular formula is C45H71F3Sn4. The first-order chi connectivity index (χ1) is 24.3. The van der Waals surface area contributed by atoms with E-state index in [1.807, 2.05) is 18.2 Å². The number of halogens is 3. The van der Waals surface area contributed by atoms with Crippen LogP contribution < -0.4 is 14.3 Å². The van der Waals surface area contributed by atoms with Gasteiger partial charge in [0, 0.05) is 0 Å². The van der Waals surface area contributed by atoms with Gasteiger partial charge in [0.25, 0.3) is 0 Å². The van der Waals surface area contributed by atoms with Gasteiger partial charge in [0.05, 0.1) is 0 Å². The van der Waals surface area contributed by atoms with Crippen LogP contribution in [0.25, 0.3) is 0 Å². The van der Waals surface area contributed by atoms with Crippen molar-refractivity contribution in [1.82, 2.24) is 0 Å². The fraction of sp³-hybridized carbons (Fsp3) is 0.467. The molecule has 0 radical (unpaired) electrons. The molecule has 0 aliphatic rings. The fourth-order valence-corrected chi connectivity index (χ4v) is 32.8. The Labute approximate surface area is 334 Å². The SMILES string of the molecule is CCC[CH2][Sn]([CH2]CCC)([CH2]CCC)[c]1ccc(F)cc1.[CH3][Sn]([CH3])([CH3])[c]1cccc(F)c1.[CH3][Sn]([CH3])([CH3])[c]1ccccc1.[CH3][Sn]([CH3])([CH3])[c]1ccccc1F. The first kappa shape index (κ1) is 49.9. The molecule has 0 N–H and O–H groups in total. The average Bonchev–Trinajstić information content (AvgIpc) is 3.09. The fourth-order valence-electron chi connectivity index (χ4n) is 6.12. The Balaban J connectivity index is 0.000000364. The van der Waals surface area contributed by atoms with Gasteiger partial charge in [0.2, 0.25) is 0 Å². The second-order valence-corrected chi connectivity index (χ2v) is 73.8. The van der Waals surface area contributed by atoms with Gasteiger partial charge in [-0.05, 0) is 0 Å². The van der Waals surface area contributed by atoms with Gasteiger partial charge < -0.3 is 0 Å². The van der Waals surface area contributed by atoms with Gasteiger partial charge in [-0.25, -0.2) is 0 Å². The van der Waals surface area contributed by atoms with E-state index < -0.39 is 73.5 Å². The molecule has 0 aromatic heterocycles. The second kappa shape index (κ2) is 25.2. The van der Waals surface area contributed by atoms with Crippen molar-refractivity contribution in [2.24, 2.45) is 0 Å². The zero-order chi connectivity index (χ0) is 39.4. The summed E-state index contributed by atoms with van der Waals surface area (Å²) in [6.07, 6.45) is 7.96. The molecule has 0 heterocycles. The van der Waals surface area contributed by atoms with Crippen LogP contribution in [0.1, 0.15) is 59.3 Å². The third kappa shape index (κ3) is 19.6. The Morgan fingerprint density at radius 2 is 0.846 bits per heavy atom. The van der Waals surface area contributed by atoms with Gasteiger partial charge >= 0.3 is 339 Å². The molecule has 0 bridgehead atoms. The monoisotopic (exact) mass is 1150 g/mol. The van der Waals surface area contributed by atoms with Crippen molar-refractivity contribution < 1.29 is 13.2 Å². The Morgan fingerprint density at radius 3 is 1.19 bits per heavy atom. The summed E-state index contributed by atoms with van der Waals surface area (Å²) in [5.74, 6) is -0.208. The summed E-state index contributed by atoms with van der Waals surface area (Å²) >= 11 is -8.15. The number of hydrogen-bond acceptors (Lipinski definition) is 0. The van der Waals surface area contributed by atoms with E-state index in [1.165, 1.54) is 61.5 Å². The molecule has 0 saturated heterocycles. The second-order valence-electron chi connectivity index (χ2n) is 17.2. The van der Waals surface area contributed by atoms with Crippen molar-refractivity contribution in [3.8, 4) is 0 Å². The van der Waals surface area contributed by atoms with Crippen molar-refractivity contribution in [3.63, 3.8) is 0 Å². The average molecular weight is 1140 g/mol. The Kier molecular flexibility index (Phi) is 24.2. The maximum absolute atomic E-state index is 13.3. The number of rotatable bonds is 13. The first-order valence-corrected chi connectivity index (χ1v) is 57.1. The summed E-state index contributed by atoms with van der Waals surface area (Å²) in [5, 5.41) is 0. The minimum atomic E-state index is -2.29. The van der Waals surface area contributed by atoms with Crippen LogP contribution in [0.2, 0.25) is 57.8 Å². The van der Waals surface area contributed by atoms with Crippen LogP contribution >= 0.6 is 0 Å². The number of benzene rings is 4. The third-order valence-electron chi connectivity index (χ3n) is 9.50. The van der Waals surface area contributed by atoms with Gasteiger partial charge in [-0.15, -0.1) is 0 Å². The van der Waals surface area contributed by atoms with Crippen molar-refractivity contribution in [1.29, 1.82) is 0 Å². The first-order valence-electron chi connectivity index (χ1n) is 19.6. The molecule has 0 unspecified atom stereocenters. The molecule has 0 nitrogen and oxygen atoms in total. The summed E-state index contributed by atoms with van der Waals surface area (Å²) < 4.78 is 48.9.